The molecule has 4 aliphatic rings. The van der Waals surface area contributed by atoms with Crippen molar-refractivity contribution in [3.8, 4) is 135 Å². The van der Waals surface area contributed by atoms with Crippen LogP contribution < -0.4 is 0 Å². The Hall–Kier alpha value is -15.3. The molecule has 6 heterocycles. The molecule has 2 fully saturated rings. The number of hydrogen-bond acceptors (Lipinski definition) is 10. The van der Waals surface area contributed by atoms with Crippen molar-refractivity contribution in [2.75, 3.05) is 0 Å². The first-order valence-corrected chi connectivity index (χ1v) is 43.4. The molecule has 2 saturated carbocycles. The Morgan fingerprint density at radius 3 is 0.839 bits per heavy atom. The highest BCUT2D eigenvalue weighted by atomic mass is 16.3. The van der Waals surface area contributed by atoms with Crippen molar-refractivity contribution in [1.82, 2.24) is 29.9 Å². The number of furan rings is 4. The summed E-state index contributed by atoms with van der Waals surface area (Å²) in [5.41, 5.74) is 32.8. The number of rotatable bonds is 10. The third-order valence-electron chi connectivity index (χ3n) is 27.1. The lowest BCUT2D eigenvalue weighted by Crippen LogP contribution is -2.27. The Kier molecular flexibility index (Phi) is 16.6. The third-order valence-corrected chi connectivity index (χ3v) is 27.1. The number of aromatic nitrogens is 6. The van der Waals surface area contributed by atoms with Crippen molar-refractivity contribution in [2.45, 2.75) is 75.0 Å². The topological polar surface area (TPSA) is 130 Å². The molecule has 0 bridgehead atoms. The first-order chi connectivity index (χ1) is 61.3. The largest absolute Gasteiger partial charge is 0.456 e. The van der Waals surface area contributed by atoms with Crippen LogP contribution in [0.2, 0.25) is 0 Å². The highest BCUT2D eigenvalue weighted by Gasteiger charge is 2.45. The summed E-state index contributed by atoms with van der Waals surface area (Å²) in [4.78, 5) is 31.0. The molecule has 0 aliphatic heterocycles. The summed E-state index contributed by atoms with van der Waals surface area (Å²) in [7, 11) is 0. The summed E-state index contributed by atoms with van der Waals surface area (Å²) < 4.78 is 25.6. The van der Waals surface area contributed by atoms with Crippen LogP contribution in [0.15, 0.2) is 370 Å². The zero-order valence-corrected chi connectivity index (χ0v) is 67.9. The van der Waals surface area contributed by atoms with Crippen LogP contribution in [0.1, 0.15) is 86.5 Å². The van der Waals surface area contributed by atoms with Gasteiger partial charge in [0.2, 0.25) is 0 Å². The summed E-state index contributed by atoms with van der Waals surface area (Å²) in [5, 5.41) is 8.43. The van der Waals surface area contributed by atoms with Crippen LogP contribution in [0.25, 0.3) is 223 Å². The van der Waals surface area contributed by atoms with E-state index in [0.717, 1.165) is 143 Å². The molecule has 0 unspecified atom stereocenters. The fraction of sp³-hybridized carbons (Fsp3) is 0.105. The van der Waals surface area contributed by atoms with Gasteiger partial charge in [0.1, 0.15) is 44.7 Å². The molecule has 588 valence electrons. The van der Waals surface area contributed by atoms with Gasteiger partial charge in [0, 0.05) is 76.2 Å². The number of para-hydroxylation sites is 6. The van der Waals surface area contributed by atoms with Crippen molar-refractivity contribution in [2.24, 2.45) is 0 Å². The van der Waals surface area contributed by atoms with Gasteiger partial charge in [0.25, 0.3) is 0 Å². The minimum absolute atomic E-state index is 0.150. The smallest absolute Gasteiger partial charge is 0.167 e. The van der Waals surface area contributed by atoms with E-state index in [4.69, 9.17) is 47.6 Å². The number of nitrogens with zero attached hydrogens (tertiary/aromatic N) is 6. The minimum atomic E-state index is 0.150. The van der Waals surface area contributed by atoms with E-state index in [1.54, 1.807) is 0 Å². The SMILES string of the molecule is c1cc(-c2cccc(-c3nc(-c4ccc5c(c4)oc4ccccc45)nc(-c4ccc5c(c4)oc4ccccc45)n3)c2)cc(-c2ccc3c(c2)-c2ccccc2C32CCCCC2)c1.c1cc(-c2cccc(-c3nc(-c4cccc5c4oc4ccccc45)nc(-c4cccc5c4oc4ccccc45)n3)c2)cc(-c2ccc3c(c2)-c2ccccc2C32CCCCC2)c1. The molecule has 22 aromatic rings. The average Bonchev–Trinajstić information content (AvgIpc) is 1.56. The maximum absolute atomic E-state index is 6.52. The highest BCUT2D eigenvalue weighted by molar-refractivity contribution is 6.12. The highest BCUT2D eigenvalue weighted by Crippen LogP contribution is 2.59. The van der Waals surface area contributed by atoms with Gasteiger partial charge in [-0.25, -0.2) is 29.9 Å². The predicted molar refractivity (Wildman–Crippen MR) is 502 cm³/mol. The van der Waals surface area contributed by atoms with Gasteiger partial charge in [0.05, 0.1) is 11.1 Å². The molecule has 0 N–H and O–H groups in total. The fourth-order valence-electron chi connectivity index (χ4n) is 21.2. The van der Waals surface area contributed by atoms with E-state index in [1.807, 2.05) is 109 Å². The molecule has 2 spiro atoms. The van der Waals surface area contributed by atoms with Gasteiger partial charge in [-0.05, 0) is 212 Å². The van der Waals surface area contributed by atoms with Crippen LogP contribution in [0.4, 0.5) is 0 Å². The van der Waals surface area contributed by atoms with E-state index < -0.39 is 0 Å². The summed E-state index contributed by atoms with van der Waals surface area (Å²) in [5.74, 6) is 3.35. The maximum atomic E-state index is 6.52. The number of fused-ring (bicyclic) bond motifs is 22. The van der Waals surface area contributed by atoms with E-state index in [-0.39, 0.29) is 10.8 Å². The maximum Gasteiger partial charge on any atom is 0.167 e. The van der Waals surface area contributed by atoms with Crippen LogP contribution in [0.3, 0.4) is 0 Å². The molecular formula is C114H78N6O4. The Balaban J connectivity index is 0.000000136. The normalized spacial score (nSPS) is 14.3. The Bertz CT molecular complexity index is 7860. The van der Waals surface area contributed by atoms with Crippen molar-refractivity contribution in [1.29, 1.82) is 0 Å². The number of benzene rings is 16. The van der Waals surface area contributed by atoms with E-state index in [9.17, 15) is 0 Å². The molecule has 0 atom stereocenters. The van der Waals surface area contributed by atoms with Gasteiger partial charge >= 0.3 is 0 Å². The summed E-state index contributed by atoms with van der Waals surface area (Å²) in [6.45, 7) is 0. The lowest BCUT2D eigenvalue weighted by Gasteiger charge is -2.36. The second kappa shape index (κ2) is 28.7. The molecule has 0 saturated heterocycles. The van der Waals surface area contributed by atoms with Gasteiger partial charge in [-0.3, -0.25) is 0 Å². The lowest BCUT2D eigenvalue weighted by atomic mass is 9.68. The van der Waals surface area contributed by atoms with Crippen LogP contribution >= 0.6 is 0 Å². The molecule has 16 aromatic carbocycles. The minimum Gasteiger partial charge on any atom is -0.456 e. The van der Waals surface area contributed by atoms with Crippen LogP contribution in [-0.2, 0) is 10.8 Å². The average molecular weight is 1600 g/mol. The van der Waals surface area contributed by atoms with Crippen molar-refractivity contribution in [3.05, 3.63) is 374 Å². The molecule has 4 aliphatic carbocycles. The number of hydrogen-bond donors (Lipinski definition) is 0. The van der Waals surface area contributed by atoms with Crippen molar-refractivity contribution >= 4 is 87.8 Å². The van der Waals surface area contributed by atoms with Gasteiger partial charge in [-0.2, -0.15) is 0 Å². The van der Waals surface area contributed by atoms with Crippen molar-refractivity contribution in [3.63, 3.8) is 0 Å². The predicted octanol–water partition coefficient (Wildman–Crippen LogP) is 30.5. The molecule has 26 rings (SSSR count). The Morgan fingerprint density at radius 2 is 0.435 bits per heavy atom. The first-order valence-electron chi connectivity index (χ1n) is 43.4. The summed E-state index contributed by atoms with van der Waals surface area (Å²) in [6, 6.07) is 125. The molecule has 10 heteroatoms. The van der Waals surface area contributed by atoms with E-state index >= 15 is 0 Å². The zero-order valence-electron chi connectivity index (χ0n) is 67.9. The summed E-state index contributed by atoms with van der Waals surface area (Å²) >= 11 is 0. The van der Waals surface area contributed by atoms with Gasteiger partial charge in [-0.15, -0.1) is 0 Å². The summed E-state index contributed by atoms with van der Waals surface area (Å²) in [6.07, 6.45) is 12.8. The van der Waals surface area contributed by atoms with E-state index in [1.165, 1.54) is 131 Å². The van der Waals surface area contributed by atoms with E-state index in [0.29, 0.717) is 34.9 Å². The molecule has 10 nitrogen and oxygen atoms in total. The zero-order chi connectivity index (χ0) is 81.6. The second-order valence-corrected chi connectivity index (χ2v) is 34.0. The molecule has 124 heavy (non-hydrogen) atoms. The van der Waals surface area contributed by atoms with Crippen molar-refractivity contribution < 1.29 is 17.7 Å². The molecule has 0 amide bonds. The first kappa shape index (κ1) is 71.6. The third kappa shape index (κ3) is 11.7. The lowest BCUT2D eigenvalue weighted by molar-refractivity contribution is 0.353. The monoisotopic (exact) mass is 1590 g/mol. The fourth-order valence-corrected chi connectivity index (χ4v) is 21.2. The Morgan fingerprint density at radius 1 is 0.169 bits per heavy atom. The standard InChI is InChI=1S/2C57H39N3O2/c1-8-30-57(31-9-1)48-25-5-2-18-40(48)47-34-38(28-29-49(47)57)36-15-10-14-35(32-36)37-16-11-17-39(33-37)54-58-55(45-23-12-21-43-41-19-3-6-26-50(41)61-52(43)45)60-56(59-54)46-24-13-22-44-42-20-4-7-27-51(42)62-53(44)46;1-8-28-57(29-9-1)48-19-5-2-16-42(48)47-32-38(24-27-49(47)57)36-13-10-12-35(30-36)37-14-11-15-39(31-37)54-58-55(40-22-25-45-43-17-3-6-20-50(43)61-52(45)33-40)60-56(59-54)41-23-26-46-44-18-4-7-21-51(44)62-53(46)34-41/h2-7,10-29,32-34H,1,8-9,30-31H2;2-7,10-27,30-34H,1,8-9,28-29H2. The van der Waals surface area contributed by atoms with Crippen LogP contribution in [0.5, 0.6) is 0 Å². The molecule has 0 radical (unpaired) electrons. The van der Waals surface area contributed by atoms with Gasteiger partial charge in [-0.1, -0.05) is 293 Å². The molecular weight excluding hydrogens is 1520 g/mol. The van der Waals surface area contributed by atoms with Gasteiger partial charge < -0.3 is 17.7 Å². The second-order valence-electron chi connectivity index (χ2n) is 34.0. The Labute approximate surface area is 714 Å². The van der Waals surface area contributed by atoms with Gasteiger partial charge in [0.15, 0.2) is 34.9 Å². The van der Waals surface area contributed by atoms with E-state index in [2.05, 4.69) is 243 Å². The van der Waals surface area contributed by atoms with Crippen LogP contribution in [-0.4, -0.2) is 29.9 Å². The van der Waals surface area contributed by atoms with Crippen LogP contribution in [0, 0.1) is 0 Å². The molecule has 6 aromatic heterocycles. The quantitative estimate of drug-likeness (QED) is 0.130.